The number of aromatic amines is 1. The Morgan fingerprint density at radius 3 is 3.00 bits per heavy atom. The summed E-state index contributed by atoms with van der Waals surface area (Å²) in [6.45, 7) is 1.99. The highest BCUT2D eigenvalue weighted by molar-refractivity contribution is 9.10. The molecule has 0 radical (unpaired) electrons. The second kappa shape index (κ2) is 3.33. The van der Waals surface area contributed by atoms with E-state index in [0.29, 0.717) is 10.4 Å². The summed E-state index contributed by atoms with van der Waals surface area (Å²) in [7, 11) is 0. The van der Waals surface area contributed by atoms with E-state index in [2.05, 4.69) is 25.9 Å². The lowest BCUT2D eigenvalue weighted by Crippen LogP contribution is -1.97. The van der Waals surface area contributed by atoms with Crippen molar-refractivity contribution in [3.63, 3.8) is 0 Å². The Labute approximate surface area is 104 Å². The van der Waals surface area contributed by atoms with Gasteiger partial charge >= 0.3 is 5.97 Å². The number of carboxylic acid groups (broad SMARTS) is 1. The first kappa shape index (κ1) is 10.3. The normalized spacial score (nSPS) is 11.4. The fourth-order valence-corrected chi connectivity index (χ4v) is 2.51. The Morgan fingerprint density at radius 1 is 1.53 bits per heavy atom. The molecule has 0 aliphatic rings. The maximum atomic E-state index is 11.0. The van der Waals surface area contributed by atoms with Gasteiger partial charge in [-0.2, -0.15) is 0 Å². The molecule has 5 nitrogen and oxygen atoms in total. The molecule has 0 saturated carbocycles. The summed E-state index contributed by atoms with van der Waals surface area (Å²) in [6.07, 6.45) is 0. The predicted molar refractivity (Wildman–Crippen MR) is 66.4 cm³/mol. The first-order chi connectivity index (χ1) is 8.08. The van der Waals surface area contributed by atoms with E-state index in [-0.39, 0.29) is 5.69 Å². The van der Waals surface area contributed by atoms with Gasteiger partial charge in [-0.25, -0.2) is 9.78 Å². The molecule has 0 aliphatic carbocycles. The molecule has 0 bridgehead atoms. The zero-order valence-electron chi connectivity index (χ0n) is 8.86. The quantitative estimate of drug-likeness (QED) is 0.724. The van der Waals surface area contributed by atoms with Crippen LogP contribution in [0.5, 0.6) is 0 Å². The van der Waals surface area contributed by atoms with Gasteiger partial charge in [-0.1, -0.05) is 6.07 Å². The number of imidazole rings is 2. The largest absolute Gasteiger partial charge is 0.476 e. The Morgan fingerprint density at radius 2 is 2.29 bits per heavy atom. The lowest BCUT2D eigenvalue weighted by molar-refractivity contribution is 0.0690. The second-order valence-electron chi connectivity index (χ2n) is 3.86. The van der Waals surface area contributed by atoms with E-state index in [1.807, 2.05) is 25.1 Å². The SMILES string of the molecule is Cc1ccc2[nH]c3nc(C(=O)O)c(Br)n3c2c1. The van der Waals surface area contributed by atoms with Crippen LogP contribution in [0, 0.1) is 6.92 Å². The minimum Gasteiger partial charge on any atom is -0.476 e. The van der Waals surface area contributed by atoms with Crippen molar-refractivity contribution in [3.8, 4) is 0 Å². The van der Waals surface area contributed by atoms with E-state index in [9.17, 15) is 4.79 Å². The maximum absolute atomic E-state index is 11.0. The molecular formula is C11H8BrN3O2. The zero-order chi connectivity index (χ0) is 12.2. The fraction of sp³-hybridized carbons (Fsp3) is 0.0909. The van der Waals surface area contributed by atoms with Crippen molar-refractivity contribution >= 4 is 38.7 Å². The molecule has 3 rings (SSSR count). The van der Waals surface area contributed by atoms with Crippen LogP contribution in [-0.2, 0) is 0 Å². The monoisotopic (exact) mass is 293 g/mol. The zero-order valence-corrected chi connectivity index (χ0v) is 10.4. The standard InChI is InChI=1S/C11H8BrN3O2/c1-5-2-3-6-7(4-5)15-9(12)8(10(16)17)14-11(15)13-6/h2-4H,1H3,(H,13,14)(H,16,17). The van der Waals surface area contributed by atoms with Crippen molar-refractivity contribution in [2.24, 2.45) is 0 Å². The minimum atomic E-state index is -1.05. The number of H-pyrrole nitrogens is 1. The molecule has 0 spiro atoms. The van der Waals surface area contributed by atoms with Gasteiger partial charge in [0.25, 0.3) is 0 Å². The number of rotatable bonds is 1. The molecule has 1 aromatic carbocycles. The number of nitrogens with one attached hydrogen (secondary N) is 1. The van der Waals surface area contributed by atoms with Crippen LogP contribution in [-0.4, -0.2) is 25.4 Å². The van der Waals surface area contributed by atoms with Gasteiger partial charge in [0.1, 0.15) is 4.60 Å². The molecule has 17 heavy (non-hydrogen) atoms. The summed E-state index contributed by atoms with van der Waals surface area (Å²) in [6, 6.07) is 5.92. The molecule has 86 valence electrons. The van der Waals surface area contributed by atoms with E-state index < -0.39 is 5.97 Å². The molecule has 2 heterocycles. The molecule has 0 unspecified atom stereocenters. The van der Waals surface area contributed by atoms with Gasteiger partial charge < -0.3 is 10.1 Å². The Balaban J connectivity index is 2.48. The highest BCUT2D eigenvalue weighted by atomic mass is 79.9. The van der Waals surface area contributed by atoms with Gasteiger partial charge in [0, 0.05) is 0 Å². The number of benzene rings is 1. The van der Waals surface area contributed by atoms with Crippen molar-refractivity contribution in [1.82, 2.24) is 14.4 Å². The molecule has 0 amide bonds. The van der Waals surface area contributed by atoms with E-state index in [1.165, 1.54) is 0 Å². The molecule has 0 aliphatic heterocycles. The van der Waals surface area contributed by atoms with Gasteiger partial charge in [-0.3, -0.25) is 4.40 Å². The van der Waals surface area contributed by atoms with Gasteiger partial charge in [-0.05, 0) is 40.5 Å². The number of halogens is 1. The van der Waals surface area contributed by atoms with Crippen LogP contribution in [0.1, 0.15) is 16.1 Å². The number of carboxylic acids is 1. The predicted octanol–water partition coefficient (Wildman–Crippen LogP) is 2.58. The number of carbonyl (C=O) groups is 1. The number of nitrogens with zero attached hydrogens (tertiary/aromatic N) is 2. The highest BCUT2D eigenvalue weighted by Crippen LogP contribution is 2.25. The third kappa shape index (κ3) is 1.37. The number of aryl methyl sites for hydroxylation is 1. The van der Waals surface area contributed by atoms with Gasteiger partial charge in [-0.15, -0.1) is 0 Å². The van der Waals surface area contributed by atoms with Crippen molar-refractivity contribution in [2.45, 2.75) is 6.92 Å². The summed E-state index contributed by atoms with van der Waals surface area (Å²) in [5.74, 6) is -0.523. The number of hydrogen-bond donors (Lipinski definition) is 2. The van der Waals surface area contributed by atoms with Gasteiger partial charge in [0.2, 0.25) is 5.78 Å². The molecule has 0 fully saturated rings. The van der Waals surface area contributed by atoms with E-state index in [4.69, 9.17) is 5.11 Å². The van der Waals surface area contributed by atoms with Gasteiger partial charge in [0.15, 0.2) is 5.69 Å². The summed E-state index contributed by atoms with van der Waals surface area (Å²) in [4.78, 5) is 18.1. The Bertz CT molecular complexity index is 757. The molecule has 0 atom stereocenters. The molecule has 3 aromatic rings. The molecule has 2 N–H and O–H groups in total. The third-order valence-electron chi connectivity index (χ3n) is 2.66. The Hall–Kier alpha value is -1.82. The van der Waals surface area contributed by atoms with E-state index in [0.717, 1.165) is 16.6 Å². The minimum absolute atomic E-state index is 0.0136. The maximum Gasteiger partial charge on any atom is 0.357 e. The van der Waals surface area contributed by atoms with Crippen molar-refractivity contribution in [1.29, 1.82) is 0 Å². The average Bonchev–Trinajstić information content (AvgIpc) is 2.76. The van der Waals surface area contributed by atoms with Crippen molar-refractivity contribution in [2.75, 3.05) is 0 Å². The first-order valence-corrected chi connectivity index (χ1v) is 5.77. The summed E-state index contributed by atoms with van der Waals surface area (Å²) in [5.41, 5.74) is 2.96. The summed E-state index contributed by atoms with van der Waals surface area (Å²) in [5, 5.41) is 8.99. The lowest BCUT2D eigenvalue weighted by Gasteiger charge is -1.95. The van der Waals surface area contributed by atoms with Crippen LogP contribution < -0.4 is 0 Å². The number of hydrogen-bond acceptors (Lipinski definition) is 2. The van der Waals surface area contributed by atoms with E-state index in [1.54, 1.807) is 4.40 Å². The van der Waals surface area contributed by atoms with Crippen LogP contribution in [0.2, 0.25) is 0 Å². The topological polar surface area (TPSA) is 70.4 Å². The van der Waals surface area contributed by atoms with Crippen molar-refractivity contribution < 1.29 is 9.90 Å². The van der Waals surface area contributed by atoms with Crippen LogP contribution >= 0.6 is 15.9 Å². The number of aromatic nitrogens is 3. The molecule has 0 saturated heterocycles. The molecular weight excluding hydrogens is 286 g/mol. The number of fused-ring (bicyclic) bond motifs is 3. The average molecular weight is 294 g/mol. The first-order valence-electron chi connectivity index (χ1n) is 4.97. The highest BCUT2D eigenvalue weighted by Gasteiger charge is 2.19. The fourth-order valence-electron chi connectivity index (χ4n) is 1.89. The van der Waals surface area contributed by atoms with Crippen LogP contribution in [0.3, 0.4) is 0 Å². The molecule has 2 aromatic heterocycles. The third-order valence-corrected chi connectivity index (χ3v) is 3.39. The molecule has 6 heteroatoms. The van der Waals surface area contributed by atoms with Crippen LogP contribution in [0.4, 0.5) is 0 Å². The van der Waals surface area contributed by atoms with E-state index >= 15 is 0 Å². The Kier molecular flexibility index (Phi) is 2.03. The number of aromatic carboxylic acids is 1. The lowest BCUT2D eigenvalue weighted by atomic mass is 10.2. The summed E-state index contributed by atoms with van der Waals surface area (Å²) >= 11 is 3.28. The summed E-state index contributed by atoms with van der Waals surface area (Å²) < 4.78 is 2.21. The second-order valence-corrected chi connectivity index (χ2v) is 4.61. The van der Waals surface area contributed by atoms with Crippen LogP contribution in [0.25, 0.3) is 16.8 Å². The van der Waals surface area contributed by atoms with Crippen LogP contribution in [0.15, 0.2) is 22.8 Å². The van der Waals surface area contributed by atoms with Gasteiger partial charge in [0.05, 0.1) is 11.0 Å². The smallest absolute Gasteiger partial charge is 0.357 e. The van der Waals surface area contributed by atoms with Crippen molar-refractivity contribution in [3.05, 3.63) is 34.1 Å².